The number of carbonyl (C=O) groups excluding carboxylic acids is 1. The van der Waals surface area contributed by atoms with E-state index < -0.39 is 5.97 Å². The number of Topliss-reactive ketones (excluding diaryl/α,β-unsaturated/α-hetero) is 1. The van der Waals surface area contributed by atoms with Gasteiger partial charge in [-0.1, -0.05) is 23.2 Å². The van der Waals surface area contributed by atoms with Gasteiger partial charge in [0, 0.05) is 29.7 Å². The van der Waals surface area contributed by atoms with Crippen molar-refractivity contribution in [2.45, 2.75) is 59.0 Å². The van der Waals surface area contributed by atoms with E-state index >= 15 is 0 Å². The molecule has 1 saturated heterocycles. The van der Waals surface area contributed by atoms with Crippen molar-refractivity contribution in [2.24, 2.45) is 5.92 Å². The normalized spacial score (nSPS) is 17.2. The highest BCUT2D eigenvalue weighted by molar-refractivity contribution is 6.35. The summed E-state index contributed by atoms with van der Waals surface area (Å²) in [6.07, 6.45) is 6.38. The lowest BCUT2D eigenvalue weighted by molar-refractivity contribution is 0.0692. The maximum Gasteiger partial charge on any atom is 0.335 e. The van der Waals surface area contributed by atoms with Crippen LogP contribution in [0.1, 0.15) is 65.0 Å². The molecule has 3 aromatic heterocycles. The Morgan fingerprint density at radius 3 is 2.73 bits per heavy atom. The Kier molecular flexibility index (Phi) is 8.93. The van der Waals surface area contributed by atoms with Crippen molar-refractivity contribution in [3.8, 4) is 5.75 Å². The van der Waals surface area contributed by atoms with E-state index in [-0.39, 0.29) is 41.6 Å². The van der Waals surface area contributed by atoms with Crippen molar-refractivity contribution >= 4 is 46.0 Å². The second-order valence-electron chi connectivity index (χ2n) is 11.2. The van der Waals surface area contributed by atoms with Crippen LogP contribution in [-0.2, 0) is 26.2 Å². The summed E-state index contributed by atoms with van der Waals surface area (Å²) in [4.78, 5) is 40.9. The third kappa shape index (κ3) is 6.61. The smallest absolute Gasteiger partial charge is 0.335 e. The number of likely N-dealkylation sites (tertiary alicyclic amines) is 1. The standard InChI is InChI=1S/C32H32Cl2N6O5/c1-3-38-18-35-13-23(38)15-40-26-11-21(32(42)43)4-6-25(26)37-29(40)16-39-9-8-20(10-19(39)2)31(41)28-14-36-30(45-28)17-44-27-7-5-22(33)12-24(27)34/h4-7,11-14,18-20H,3,8-10,15-17H2,1-2H3,(H,42,43)/t19-,20?/m0/s1. The Morgan fingerprint density at radius 1 is 1.13 bits per heavy atom. The molecule has 0 amide bonds. The summed E-state index contributed by atoms with van der Waals surface area (Å²) in [6.45, 7) is 6.71. The molecule has 0 aliphatic carbocycles. The molecule has 6 rings (SSSR count). The van der Waals surface area contributed by atoms with E-state index in [1.807, 2.05) is 6.20 Å². The van der Waals surface area contributed by atoms with E-state index in [1.165, 1.54) is 6.20 Å². The third-order valence-corrected chi connectivity index (χ3v) is 8.83. The third-order valence-electron chi connectivity index (χ3n) is 8.30. The van der Waals surface area contributed by atoms with Gasteiger partial charge in [-0.15, -0.1) is 0 Å². The number of carboxylic acids is 1. The van der Waals surface area contributed by atoms with Gasteiger partial charge in [0.25, 0.3) is 0 Å². The van der Waals surface area contributed by atoms with Crippen molar-refractivity contribution < 1.29 is 23.8 Å². The summed E-state index contributed by atoms with van der Waals surface area (Å²) < 4.78 is 15.6. The predicted molar refractivity (Wildman–Crippen MR) is 168 cm³/mol. The second-order valence-corrected chi connectivity index (χ2v) is 12.0. The monoisotopic (exact) mass is 650 g/mol. The summed E-state index contributed by atoms with van der Waals surface area (Å²) in [6, 6.07) is 10.0. The van der Waals surface area contributed by atoms with Gasteiger partial charge < -0.3 is 23.4 Å². The van der Waals surface area contributed by atoms with Gasteiger partial charge in [-0.25, -0.2) is 19.7 Å². The molecule has 0 saturated carbocycles. The van der Waals surface area contributed by atoms with Gasteiger partial charge in [0.1, 0.15) is 11.6 Å². The Hall–Kier alpha value is -4.19. The fourth-order valence-electron chi connectivity index (χ4n) is 5.83. The second kappa shape index (κ2) is 13.0. The Morgan fingerprint density at radius 2 is 1.98 bits per heavy atom. The first kappa shape index (κ1) is 30.8. The SMILES string of the molecule is CCn1cncc1Cn1c(CN2CCC(C(=O)c3cnc(COc4ccc(Cl)cc4Cl)o3)C[C@@H]2C)nc2ccc(C(=O)O)cc21. The van der Waals surface area contributed by atoms with Crippen LogP contribution < -0.4 is 4.74 Å². The average molecular weight is 652 g/mol. The highest BCUT2D eigenvalue weighted by Crippen LogP contribution is 2.30. The number of aromatic nitrogens is 5. The number of nitrogens with zero attached hydrogens (tertiary/aromatic N) is 6. The highest BCUT2D eigenvalue weighted by Gasteiger charge is 2.33. The fourth-order valence-corrected chi connectivity index (χ4v) is 6.29. The average Bonchev–Trinajstić information content (AvgIpc) is 3.76. The first-order valence-electron chi connectivity index (χ1n) is 14.7. The number of imidazole rings is 2. The number of fused-ring (bicyclic) bond motifs is 1. The van der Waals surface area contributed by atoms with E-state index in [1.54, 1.807) is 42.7 Å². The van der Waals surface area contributed by atoms with Crippen molar-refractivity contribution in [3.05, 3.63) is 93.9 Å². The zero-order valence-corrected chi connectivity index (χ0v) is 26.3. The van der Waals surface area contributed by atoms with Gasteiger partial charge in [-0.3, -0.25) is 9.69 Å². The number of oxazole rings is 1. The quantitative estimate of drug-likeness (QED) is 0.162. The molecule has 45 heavy (non-hydrogen) atoms. The van der Waals surface area contributed by atoms with Gasteiger partial charge >= 0.3 is 5.97 Å². The van der Waals surface area contributed by atoms with Crippen LogP contribution in [0.2, 0.25) is 10.0 Å². The predicted octanol–water partition coefficient (Wildman–Crippen LogP) is 6.36. The molecule has 0 spiro atoms. The number of piperidine rings is 1. The Labute approximate surface area is 269 Å². The van der Waals surface area contributed by atoms with Crippen molar-refractivity contribution in [2.75, 3.05) is 6.54 Å². The largest absolute Gasteiger partial charge is 0.482 e. The number of ketones is 1. The zero-order valence-electron chi connectivity index (χ0n) is 24.8. The molecule has 0 radical (unpaired) electrons. The Balaban J connectivity index is 1.14. The first-order valence-corrected chi connectivity index (χ1v) is 15.5. The fraction of sp³-hybridized carbons (Fsp3) is 0.344. The zero-order chi connectivity index (χ0) is 31.7. The molecule has 1 unspecified atom stereocenters. The molecular formula is C32H32Cl2N6O5. The van der Waals surface area contributed by atoms with Crippen LogP contribution in [-0.4, -0.2) is 58.4 Å². The maximum absolute atomic E-state index is 13.4. The number of aromatic carboxylic acids is 1. The van der Waals surface area contributed by atoms with Gasteiger partial charge in [0.2, 0.25) is 11.7 Å². The molecule has 234 valence electrons. The number of carbonyl (C=O) groups is 2. The summed E-state index contributed by atoms with van der Waals surface area (Å²) in [5, 5.41) is 10.5. The summed E-state index contributed by atoms with van der Waals surface area (Å²) >= 11 is 12.1. The number of aryl methyl sites for hydroxylation is 1. The van der Waals surface area contributed by atoms with Crippen LogP contribution in [0.15, 0.2) is 59.5 Å². The molecule has 2 atom stereocenters. The number of halogens is 2. The van der Waals surface area contributed by atoms with Crippen molar-refractivity contribution in [1.82, 2.24) is 29.0 Å². The van der Waals surface area contributed by atoms with Gasteiger partial charge in [-0.05, 0) is 69.6 Å². The lowest BCUT2D eigenvalue weighted by atomic mass is 9.87. The number of carboxylic acid groups (broad SMARTS) is 1. The first-order chi connectivity index (χ1) is 21.7. The molecule has 5 aromatic rings. The number of rotatable bonds is 11. The van der Waals surface area contributed by atoms with Crippen LogP contribution >= 0.6 is 23.2 Å². The van der Waals surface area contributed by atoms with E-state index in [9.17, 15) is 14.7 Å². The maximum atomic E-state index is 13.4. The molecule has 1 aliphatic heterocycles. The van der Waals surface area contributed by atoms with E-state index in [0.717, 1.165) is 29.1 Å². The molecule has 1 fully saturated rings. The minimum absolute atomic E-state index is 0.0253. The molecule has 1 N–H and O–H groups in total. The number of hydrogen-bond acceptors (Lipinski definition) is 8. The number of ether oxygens (including phenoxy) is 1. The van der Waals surface area contributed by atoms with Crippen LogP contribution in [0.3, 0.4) is 0 Å². The van der Waals surface area contributed by atoms with Gasteiger partial charge in [0.15, 0.2) is 12.4 Å². The molecule has 0 bridgehead atoms. The van der Waals surface area contributed by atoms with Gasteiger partial charge in [-0.2, -0.15) is 0 Å². The van der Waals surface area contributed by atoms with E-state index in [2.05, 4.69) is 37.8 Å². The molecular weight excluding hydrogens is 619 g/mol. The van der Waals surface area contributed by atoms with Gasteiger partial charge in [0.05, 0.1) is 52.9 Å². The van der Waals surface area contributed by atoms with E-state index in [0.29, 0.717) is 48.3 Å². The highest BCUT2D eigenvalue weighted by atomic mass is 35.5. The Bertz CT molecular complexity index is 1860. The summed E-state index contributed by atoms with van der Waals surface area (Å²) in [5.41, 5.74) is 2.71. The van der Waals surface area contributed by atoms with Crippen LogP contribution in [0, 0.1) is 5.92 Å². The minimum Gasteiger partial charge on any atom is -0.482 e. The topological polar surface area (TPSA) is 129 Å². The lowest BCUT2D eigenvalue weighted by Gasteiger charge is -2.36. The molecule has 13 heteroatoms. The lowest BCUT2D eigenvalue weighted by Crippen LogP contribution is -2.42. The van der Waals surface area contributed by atoms with Crippen LogP contribution in [0.5, 0.6) is 5.75 Å². The summed E-state index contributed by atoms with van der Waals surface area (Å²) in [7, 11) is 0. The summed E-state index contributed by atoms with van der Waals surface area (Å²) in [5.74, 6) is 0.496. The number of benzene rings is 2. The molecule has 11 nitrogen and oxygen atoms in total. The minimum atomic E-state index is -0.984. The van der Waals surface area contributed by atoms with Crippen LogP contribution in [0.4, 0.5) is 0 Å². The van der Waals surface area contributed by atoms with Crippen molar-refractivity contribution in [1.29, 1.82) is 0 Å². The van der Waals surface area contributed by atoms with E-state index in [4.69, 9.17) is 37.3 Å². The van der Waals surface area contributed by atoms with Crippen molar-refractivity contribution in [3.63, 3.8) is 0 Å². The molecule has 4 heterocycles. The number of hydrogen-bond donors (Lipinski definition) is 1. The van der Waals surface area contributed by atoms with Crippen LogP contribution in [0.25, 0.3) is 11.0 Å². The molecule has 1 aliphatic rings. The molecule has 2 aromatic carbocycles.